The number of hydrogen-bond donors (Lipinski definition) is 0. The van der Waals surface area contributed by atoms with Crippen LogP contribution >= 0.6 is 0 Å². The lowest BCUT2D eigenvalue weighted by molar-refractivity contribution is 0.406. The summed E-state index contributed by atoms with van der Waals surface area (Å²) in [5.41, 5.74) is 12.8. The lowest BCUT2D eigenvalue weighted by Gasteiger charge is -2.24. The summed E-state index contributed by atoms with van der Waals surface area (Å²) >= 11 is 0. The van der Waals surface area contributed by atoms with Crippen molar-refractivity contribution in [1.29, 1.82) is 0 Å². The smallest absolute Gasteiger partial charge is 0.227 e. The molecule has 46 heavy (non-hydrogen) atoms. The maximum absolute atomic E-state index is 6.66. The van der Waals surface area contributed by atoms with Crippen molar-refractivity contribution in [3.63, 3.8) is 0 Å². The number of aromatic nitrogens is 4. The molecule has 0 radical (unpaired) electrons. The van der Waals surface area contributed by atoms with Crippen molar-refractivity contribution in [3.8, 4) is 28.2 Å². The molecule has 0 saturated heterocycles. The monoisotopic (exact) mass is 606 g/mol. The van der Waals surface area contributed by atoms with Crippen molar-refractivity contribution in [2.24, 2.45) is 5.41 Å². The maximum Gasteiger partial charge on any atom is 0.227 e. The number of rotatable bonds is 6. The highest BCUT2D eigenvalue weighted by Gasteiger charge is 2.26. The van der Waals surface area contributed by atoms with Crippen molar-refractivity contribution < 1.29 is 4.42 Å². The lowest BCUT2D eigenvalue weighted by Crippen LogP contribution is -2.10. The number of hydrogen-bond acceptors (Lipinski definition) is 4. The molecule has 232 valence electrons. The van der Waals surface area contributed by atoms with Crippen LogP contribution in [-0.2, 0) is 6.42 Å². The molecule has 5 heteroatoms. The molecule has 7 aromatic rings. The van der Waals surface area contributed by atoms with Crippen molar-refractivity contribution in [3.05, 3.63) is 108 Å². The fourth-order valence-corrected chi connectivity index (χ4v) is 6.74. The topological polar surface area (TPSA) is 56.7 Å². The Morgan fingerprint density at radius 3 is 2.15 bits per heavy atom. The van der Waals surface area contributed by atoms with Gasteiger partial charge in [-0.2, -0.15) is 0 Å². The molecule has 4 heterocycles. The van der Waals surface area contributed by atoms with Gasteiger partial charge in [0.25, 0.3) is 0 Å². The highest BCUT2D eigenvalue weighted by atomic mass is 16.3. The largest absolute Gasteiger partial charge is 0.437 e. The van der Waals surface area contributed by atoms with Gasteiger partial charge in [0.2, 0.25) is 5.71 Å². The Kier molecular flexibility index (Phi) is 7.31. The molecular formula is C41H42N4O. The van der Waals surface area contributed by atoms with Crippen LogP contribution in [-0.4, -0.2) is 19.5 Å². The normalized spacial score (nSPS) is 12.4. The summed E-state index contributed by atoms with van der Waals surface area (Å²) in [5.74, 6) is 1.40. The van der Waals surface area contributed by atoms with Crippen molar-refractivity contribution in [2.45, 2.75) is 73.6 Å². The first-order valence-electron chi connectivity index (χ1n) is 16.4. The molecule has 0 aliphatic carbocycles. The van der Waals surface area contributed by atoms with Gasteiger partial charge in [-0.3, -0.25) is 9.55 Å². The number of benzene rings is 3. The van der Waals surface area contributed by atoms with E-state index in [1.807, 2.05) is 12.4 Å². The van der Waals surface area contributed by atoms with Gasteiger partial charge in [0.05, 0.1) is 23.0 Å². The average molecular weight is 607 g/mol. The molecular weight excluding hydrogens is 564 g/mol. The van der Waals surface area contributed by atoms with Crippen LogP contribution in [0.2, 0.25) is 0 Å². The molecule has 0 fully saturated rings. The first-order chi connectivity index (χ1) is 22.0. The Balaban J connectivity index is 1.55. The zero-order valence-corrected chi connectivity index (χ0v) is 28.1. The Morgan fingerprint density at radius 1 is 0.761 bits per heavy atom. The van der Waals surface area contributed by atoms with Crippen LogP contribution in [0.4, 0.5) is 0 Å². The minimum absolute atomic E-state index is 0.132. The molecule has 0 bridgehead atoms. The minimum Gasteiger partial charge on any atom is -0.437 e. The molecule has 0 unspecified atom stereocenters. The molecule has 0 N–H and O–H groups in total. The molecule has 0 aliphatic rings. The van der Waals surface area contributed by atoms with Gasteiger partial charge in [-0.15, -0.1) is 0 Å². The van der Waals surface area contributed by atoms with E-state index in [2.05, 4.69) is 138 Å². The highest BCUT2D eigenvalue weighted by Crippen LogP contribution is 2.43. The van der Waals surface area contributed by atoms with Crippen molar-refractivity contribution >= 4 is 33.1 Å². The molecule has 4 aromatic heterocycles. The summed E-state index contributed by atoms with van der Waals surface area (Å²) in [6.07, 6.45) is 4.70. The third-order valence-corrected chi connectivity index (χ3v) is 8.86. The molecule has 0 saturated carbocycles. The Morgan fingerprint density at radius 2 is 1.48 bits per heavy atom. The van der Waals surface area contributed by atoms with E-state index < -0.39 is 0 Å². The van der Waals surface area contributed by atoms with Gasteiger partial charge in [-0.25, -0.2) is 9.97 Å². The molecule has 3 aromatic carbocycles. The summed E-state index contributed by atoms with van der Waals surface area (Å²) in [5, 5.41) is 2.07. The molecule has 0 aliphatic heterocycles. The van der Waals surface area contributed by atoms with E-state index >= 15 is 0 Å². The zero-order valence-electron chi connectivity index (χ0n) is 28.1. The summed E-state index contributed by atoms with van der Waals surface area (Å²) in [6, 6.07) is 26.1. The van der Waals surface area contributed by atoms with E-state index in [0.717, 1.165) is 56.5 Å². The van der Waals surface area contributed by atoms with E-state index in [4.69, 9.17) is 14.4 Å². The SMILES string of the molecule is Cc1cncc2nc(-c3cccc4c3oc3nc(CC(C)(C)C)ccc34)n(-c3c(C(C)C)cc(-c4ccccc4)cc3C(C)C)c12. The zero-order chi connectivity index (χ0) is 32.3. The van der Waals surface area contributed by atoms with Crippen LogP contribution in [0.1, 0.15) is 82.7 Å². The van der Waals surface area contributed by atoms with Crippen LogP contribution in [0.15, 0.2) is 89.6 Å². The fourth-order valence-electron chi connectivity index (χ4n) is 6.74. The maximum atomic E-state index is 6.66. The van der Waals surface area contributed by atoms with E-state index in [0.29, 0.717) is 5.71 Å². The van der Waals surface area contributed by atoms with Crippen molar-refractivity contribution in [1.82, 2.24) is 19.5 Å². The number of para-hydroxylation sites is 1. The second kappa shape index (κ2) is 11.2. The van der Waals surface area contributed by atoms with E-state index in [9.17, 15) is 0 Å². The Hall–Kier alpha value is -4.77. The highest BCUT2D eigenvalue weighted by molar-refractivity contribution is 6.08. The quantitative estimate of drug-likeness (QED) is 0.189. The number of furan rings is 1. The minimum atomic E-state index is 0.132. The van der Waals surface area contributed by atoms with Gasteiger partial charge in [-0.1, -0.05) is 90.9 Å². The number of imidazole rings is 1. The molecule has 0 amide bonds. The second-order valence-corrected chi connectivity index (χ2v) is 14.5. The predicted octanol–water partition coefficient (Wildman–Crippen LogP) is 11.2. The fraction of sp³-hybridized carbons (Fsp3) is 0.293. The number of nitrogens with zero attached hydrogens (tertiary/aromatic N) is 4. The predicted molar refractivity (Wildman–Crippen MR) is 191 cm³/mol. The van der Waals surface area contributed by atoms with Gasteiger partial charge < -0.3 is 4.42 Å². The lowest BCUT2D eigenvalue weighted by atomic mass is 9.88. The van der Waals surface area contributed by atoms with Gasteiger partial charge in [0.15, 0.2) is 0 Å². The number of aryl methyl sites for hydroxylation is 1. The van der Waals surface area contributed by atoms with E-state index in [-0.39, 0.29) is 17.3 Å². The number of pyridine rings is 2. The standard InChI is InChI=1S/C41H42N4O/c1-24(2)33-19-28(27-13-10-9-11-14-27)20-34(25(3)4)37(33)45-36-26(5)22-42-23-35(36)44-39(45)32-16-12-15-30-31-18-17-29(21-41(6,7)8)43-40(31)46-38(30)32/h9-20,22-25H,21H2,1-8H3. The molecule has 0 atom stereocenters. The second-order valence-electron chi connectivity index (χ2n) is 14.5. The Bertz CT molecular complexity index is 2200. The average Bonchev–Trinajstić information content (AvgIpc) is 3.59. The summed E-state index contributed by atoms with van der Waals surface area (Å²) in [7, 11) is 0. The third kappa shape index (κ3) is 5.18. The summed E-state index contributed by atoms with van der Waals surface area (Å²) in [6.45, 7) is 18.0. The summed E-state index contributed by atoms with van der Waals surface area (Å²) < 4.78 is 9.04. The van der Waals surface area contributed by atoms with Crippen LogP contribution < -0.4 is 0 Å². The molecule has 0 spiro atoms. The van der Waals surface area contributed by atoms with Crippen LogP contribution in [0.5, 0.6) is 0 Å². The van der Waals surface area contributed by atoms with Gasteiger partial charge in [-0.05, 0) is 88.7 Å². The van der Waals surface area contributed by atoms with Crippen LogP contribution in [0, 0.1) is 12.3 Å². The molecule has 7 rings (SSSR count). The molecule has 5 nitrogen and oxygen atoms in total. The Labute approximate surface area is 271 Å². The van der Waals surface area contributed by atoms with Crippen molar-refractivity contribution in [2.75, 3.05) is 0 Å². The summed E-state index contributed by atoms with van der Waals surface area (Å²) in [4.78, 5) is 14.8. The first-order valence-corrected chi connectivity index (χ1v) is 16.4. The van der Waals surface area contributed by atoms with E-state index in [1.165, 1.54) is 27.9 Å². The first kappa shape index (κ1) is 29.9. The number of fused-ring (bicyclic) bond motifs is 4. The van der Waals surface area contributed by atoms with E-state index in [1.54, 1.807) is 0 Å². The van der Waals surface area contributed by atoms with Gasteiger partial charge in [0, 0.05) is 22.7 Å². The van der Waals surface area contributed by atoms with Crippen LogP contribution in [0.3, 0.4) is 0 Å². The van der Waals surface area contributed by atoms with Gasteiger partial charge in [0.1, 0.15) is 16.9 Å². The van der Waals surface area contributed by atoms with Gasteiger partial charge >= 0.3 is 0 Å². The third-order valence-electron chi connectivity index (χ3n) is 8.86. The van der Waals surface area contributed by atoms with Crippen LogP contribution in [0.25, 0.3) is 61.3 Å².